The number of aryl methyl sites for hydroxylation is 2. The molecular weight excluding hydrogens is 442 g/mol. The van der Waals surface area contributed by atoms with Gasteiger partial charge in [0.2, 0.25) is 0 Å². The Morgan fingerprint density at radius 2 is 1.87 bits per heavy atom. The molecule has 0 saturated carbocycles. The first-order chi connectivity index (χ1) is 14.3. The van der Waals surface area contributed by atoms with Crippen molar-refractivity contribution in [2.75, 3.05) is 27.4 Å². The van der Waals surface area contributed by atoms with Gasteiger partial charge < -0.3 is 14.2 Å². The zero-order valence-corrected chi connectivity index (χ0v) is 19.5. The fourth-order valence-corrected chi connectivity index (χ4v) is 4.37. The van der Waals surface area contributed by atoms with Crippen LogP contribution in [-0.2, 0) is 4.79 Å². The Morgan fingerprint density at radius 3 is 2.50 bits per heavy atom. The van der Waals surface area contributed by atoms with E-state index in [1.54, 1.807) is 32.4 Å². The normalized spacial score (nSPS) is 15.1. The average molecular weight is 464 g/mol. The number of thiocarbonyl (C=S) groups is 1. The molecule has 1 aliphatic heterocycles. The van der Waals surface area contributed by atoms with Crippen molar-refractivity contribution in [2.24, 2.45) is 0 Å². The summed E-state index contributed by atoms with van der Waals surface area (Å²) in [5.74, 6) is 1.60. The summed E-state index contributed by atoms with van der Waals surface area (Å²) in [4.78, 5) is 14.2. The molecule has 2 aromatic carbocycles. The maximum absolute atomic E-state index is 12.2. The van der Waals surface area contributed by atoms with E-state index in [0.29, 0.717) is 39.0 Å². The third-order valence-corrected chi connectivity index (χ3v) is 6.22. The Balaban J connectivity index is 1.68. The average Bonchev–Trinajstić information content (AvgIpc) is 2.94. The van der Waals surface area contributed by atoms with Gasteiger partial charge in [-0.1, -0.05) is 53.3 Å². The zero-order chi connectivity index (χ0) is 21.8. The minimum absolute atomic E-state index is 0.135. The molecule has 3 rings (SSSR count). The van der Waals surface area contributed by atoms with Crippen LogP contribution in [-0.4, -0.2) is 42.5 Å². The van der Waals surface area contributed by atoms with Crippen molar-refractivity contribution in [3.63, 3.8) is 0 Å². The Bertz CT molecular complexity index is 1020. The van der Waals surface area contributed by atoms with Crippen LogP contribution in [0.25, 0.3) is 6.08 Å². The summed E-state index contributed by atoms with van der Waals surface area (Å²) >= 11 is 12.8. The van der Waals surface area contributed by atoms with Crippen molar-refractivity contribution in [3.8, 4) is 17.2 Å². The summed E-state index contributed by atoms with van der Waals surface area (Å²) in [5, 5.41) is 0.388. The van der Waals surface area contributed by atoms with Gasteiger partial charge in [0, 0.05) is 7.05 Å². The molecule has 1 heterocycles. The molecule has 5 nitrogen and oxygen atoms in total. The molecule has 0 aliphatic carbocycles. The van der Waals surface area contributed by atoms with E-state index in [9.17, 15) is 4.79 Å². The van der Waals surface area contributed by atoms with Gasteiger partial charge in [0.1, 0.15) is 23.3 Å². The van der Waals surface area contributed by atoms with Crippen LogP contribution in [0, 0.1) is 13.8 Å². The predicted octanol–water partition coefficient (Wildman–Crippen LogP) is 5.25. The minimum Gasteiger partial charge on any atom is -0.493 e. The number of carbonyl (C=O) groups excluding carboxylic acids is 1. The number of benzene rings is 2. The number of nitrogens with zero attached hydrogens (tertiary/aromatic N) is 1. The second kappa shape index (κ2) is 9.73. The van der Waals surface area contributed by atoms with Gasteiger partial charge in [0.15, 0.2) is 11.5 Å². The highest BCUT2D eigenvalue weighted by molar-refractivity contribution is 8.26. The number of halogens is 1. The van der Waals surface area contributed by atoms with E-state index >= 15 is 0 Å². The van der Waals surface area contributed by atoms with Crippen molar-refractivity contribution in [1.29, 1.82) is 0 Å². The molecular formula is C22H22ClNO4S2. The number of ether oxygens (including phenoxy) is 3. The molecule has 1 aliphatic rings. The lowest BCUT2D eigenvalue weighted by Gasteiger charge is -2.14. The zero-order valence-electron chi connectivity index (χ0n) is 17.2. The molecule has 0 aromatic heterocycles. The second-order valence-electron chi connectivity index (χ2n) is 6.74. The molecule has 1 fully saturated rings. The van der Waals surface area contributed by atoms with E-state index in [-0.39, 0.29) is 5.91 Å². The lowest BCUT2D eigenvalue weighted by atomic mass is 10.1. The Labute approximate surface area is 190 Å². The number of carbonyl (C=O) groups is 1. The molecule has 2 aromatic rings. The topological polar surface area (TPSA) is 48.0 Å². The van der Waals surface area contributed by atoms with Crippen molar-refractivity contribution < 1.29 is 19.0 Å². The van der Waals surface area contributed by atoms with Gasteiger partial charge in [-0.25, -0.2) is 0 Å². The number of thioether (sulfide) groups is 1. The minimum atomic E-state index is -0.135. The second-order valence-corrected chi connectivity index (χ2v) is 8.82. The van der Waals surface area contributed by atoms with Crippen molar-refractivity contribution in [2.45, 2.75) is 13.8 Å². The molecule has 1 amide bonds. The van der Waals surface area contributed by atoms with Crippen LogP contribution in [0.3, 0.4) is 0 Å². The summed E-state index contributed by atoms with van der Waals surface area (Å²) in [7, 11) is 3.20. The first kappa shape index (κ1) is 22.5. The summed E-state index contributed by atoms with van der Waals surface area (Å²) in [5.41, 5.74) is 2.99. The van der Waals surface area contributed by atoms with Gasteiger partial charge in [-0.3, -0.25) is 9.69 Å². The largest absolute Gasteiger partial charge is 0.493 e. The smallest absolute Gasteiger partial charge is 0.265 e. The predicted molar refractivity (Wildman–Crippen MR) is 126 cm³/mol. The highest BCUT2D eigenvalue weighted by Gasteiger charge is 2.28. The molecule has 0 bridgehead atoms. The van der Waals surface area contributed by atoms with E-state index in [1.165, 1.54) is 22.2 Å². The van der Waals surface area contributed by atoms with Crippen LogP contribution in [0.15, 0.2) is 35.2 Å². The molecule has 158 valence electrons. The van der Waals surface area contributed by atoms with E-state index in [1.807, 2.05) is 26.0 Å². The highest BCUT2D eigenvalue weighted by Crippen LogP contribution is 2.38. The van der Waals surface area contributed by atoms with Crippen molar-refractivity contribution in [3.05, 3.63) is 56.9 Å². The lowest BCUT2D eigenvalue weighted by molar-refractivity contribution is -0.121. The number of hydrogen-bond donors (Lipinski definition) is 0. The maximum Gasteiger partial charge on any atom is 0.265 e. The first-order valence-corrected chi connectivity index (χ1v) is 10.8. The maximum atomic E-state index is 12.2. The van der Waals surface area contributed by atoms with E-state index in [2.05, 4.69) is 6.07 Å². The molecule has 30 heavy (non-hydrogen) atoms. The molecule has 0 unspecified atom stereocenters. The molecule has 1 saturated heterocycles. The van der Waals surface area contributed by atoms with Gasteiger partial charge in [0.25, 0.3) is 5.91 Å². The number of likely N-dealkylation sites (N-methyl/N-ethyl adjacent to an activating group) is 1. The van der Waals surface area contributed by atoms with Crippen molar-refractivity contribution >= 4 is 51.9 Å². The SMILES string of the molecule is COc1cc(C=C2SC(=S)N(C)C2=O)cc(Cl)c1OCCOc1ccc(C)cc1C. The fraction of sp³-hybridized carbons (Fsp3) is 0.273. The number of methoxy groups -OCH3 is 1. The van der Waals surface area contributed by atoms with Crippen molar-refractivity contribution in [1.82, 2.24) is 4.90 Å². The Hall–Kier alpha value is -2.22. The van der Waals surface area contributed by atoms with Gasteiger partial charge in [-0.05, 0) is 49.2 Å². The van der Waals surface area contributed by atoms with Gasteiger partial charge in [0.05, 0.1) is 17.0 Å². The molecule has 0 radical (unpaired) electrons. The molecule has 0 atom stereocenters. The van der Waals surface area contributed by atoms with Gasteiger partial charge >= 0.3 is 0 Å². The van der Waals surface area contributed by atoms with E-state index in [0.717, 1.165) is 16.9 Å². The van der Waals surface area contributed by atoms with Gasteiger partial charge in [-0.15, -0.1) is 0 Å². The number of rotatable bonds is 7. The quantitative estimate of drug-likeness (QED) is 0.317. The van der Waals surface area contributed by atoms with E-state index in [4.69, 9.17) is 38.0 Å². The van der Waals surface area contributed by atoms with Crippen LogP contribution in [0.1, 0.15) is 16.7 Å². The Morgan fingerprint density at radius 1 is 1.13 bits per heavy atom. The van der Waals surface area contributed by atoms with E-state index < -0.39 is 0 Å². The number of amides is 1. The van der Waals surface area contributed by atoms with Crippen LogP contribution in [0.2, 0.25) is 5.02 Å². The van der Waals surface area contributed by atoms with Crippen LogP contribution < -0.4 is 14.2 Å². The fourth-order valence-electron chi connectivity index (χ4n) is 2.92. The molecule has 0 spiro atoms. The standard InChI is InChI=1S/C22H22ClNO4S2/c1-13-5-6-17(14(2)9-13)27-7-8-28-20-16(23)10-15(11-18(20)26-4)12-19-21(25)24(3)22(29)30-19/h5-6,9-12H,7-8H2,1-4H3. The summed E-state index contributed by atoms with van der Waals surface area (Å²) in [6.07, 6.45) is 1.74. The summed E-state index contributed by atoms with van der Waals surface area (Å²) in [6, 6.07) is 9.53. The third kappa shape index (κ3) is 5.09. The molecule has 0 N–H and O–H groups in total. The highest BCUT2D eigenvalue weighted by atomic mass is 35.5. The molecule has 8 heteroatoms. The lowest BCUT2D eigenvalue weighted by Crippen LogP contribution is -2.22. The monoisotopic (exact) mass is 463 g/mol. The first-order valence-electron chi connectivity index (χ1n) is 9.22. The van der Waals surface area contributed by atoms with Crippen LogP contribution in [0.5, 0.6) is 17.2 Å². The number of hydrogen-bond acceptors (Lipinski definition) is 6. The van der Waals surface area contributed by atoms with Crippen LogP contribution in [0.4, 0.5) is 0 Å². The Kier molecular flexibility index (Phi) is 7.28. The summed E-state index contributed by atoms with van der Waals surface area (Å²) in [6.45, 7) is 4.72. The van der Waals surface area contributed by atoms with Crippen LogP contribution >= 0.6 is 35.6 Å². The third-order valence-electron chi connectivity index (χ3n) is 4.45. The summed E-state index contributed by atoms with van der Waals surface area (Å²) < 4.78 is 17.6. The van der Waals surface area contributed by atoms with Gasteiger partial charge in [-0.2, -0.15) is 0 Å².